The van der Waals surface area contributed by atoms with Crippen molar-refractivity contribution in [3.05, 3.63) is 35.9 Å². The van der Waals surface area contributed by atoms with Gasteiger partial charge >= 0.3 is 6.09 Å². The monoisotopic (exact) mass is 309 g/mol. The molecule has 1 rings (SSSR count). The van der Waals surface area contributed by atoms with Gasteiger partial charge in [-0.2, -0.15) is 0 Å². The molecule has 4 nitrogen and oxygen atoms in total. The molecule has 0 saturated carbocycles. The second-order valence-corrected chi connectivity index (χ2v) is 11.4. The molecule has 1 aromatic rings. The van der Waals surface area contributed by atoms with E-state index in [9.17, 15) is 4.79 Å². The van der Waals surface area contributed by atoms with E-state index in [0.717, 1.165) is 5.56 Å². The highest BCUT2D eigenvalue weighted by atomic mass is 28.4. The highest BCUT2D eigenvalue weighted by Gasteiger charge is 2.36. The maximum absolute atomic E-state index is 11.6. The van der Waals surface area contributed by atoms with Gasteiger partial charge in [0, 0.05) is 6.54 Å². The normalized spacial score (nSPS) is 12.0. The van der Waals surface area contributed by atoms with Crippen molar-refractivity contribution in [1.82, 2.24) is 5.32 Å². The molecule has 0 aliphatic rings. The summed E-state index contributed by atoms with van der Waals surface area (Å²) < 4.78 is 11.1. The molecule has 0 bridgehead atoms. The van der Waals surface area contributed by atoms with E-state index in [-0.39, 0.29) is 11.6 Å². The summed E-state index contributed by atoms with van der Waals surface area (Å²) in [5.74, 6) is 0. The molecule has 1 aromatic carbocycles. The highest BCUT2D eigenvalue weighted by molar-refractivity contribution is 6.74. The Morgan fingerprint density at radius 2 is 1.81 bits per heavy atom. The molecule has 0 aromatic heterocycles. The fourth-order valence-electron chi connectivity index (χ4n) is 1.45. The maximum atomic E-state index is 11.6. The van der Waals surface area contributed by atoms with Gasteiger partial charge in [0.2, 0.25) is 0 Å². The SMILES string of the molecule is CC(C)(C)[Si](C)(C)OCCNC(=O)OCc1ccccc1. The van der Waals surface area contributed by atoms with Crippen LogP contribution in [0.1, 0.15) is 26.3 Å². The minimum Gasteiger partial charge on any atom is -0.445 e. The molecule has 0 aliphatic heterocycles. The zero-order valence-electron chi connectivity index (χ0n) is 13.7. The number of rotatable bonds is 6. The van der Waals surface area contributed by atoms with E-state index in [0.29, 0.717) is 13.2 Å². The molecule has 1 N–H and O–H groups in total. The van der Waals surface area contributed by atoms with Crippen molar-refractivity contribution < 1.29 is 14.0 Å². The minimum absolute atomic E-state index is 0.181. The van der Waals surface area contributed by atoms with Crippen LogP contribution >= 0.6 is 0 Å². The van der Waals surface area contributed by atoms with Crippen molar-refractivity contribution in [3.63, 3.8) is 0 Å². The lowest BCUT2D eigenvalue weighted by atomic mass is 10.2. The van der Waals surface area contributed by atoms with Crippen LogP contribution in [-0.4, -0.2) is 27.6 Å². The number of hydrogen-bond donors (Lipinski definition) is 1. The van der Waals surface area contributed by atoms with E-state index in [2.05, 4.69) is 39.2 Å². The van der Waals surface area contributed by atoms with Crippen molar-refractivity contribution in [2.45, 2.75) is 45.5 Å². The van der Waals surface area contributed by atoms with Gasteiger partial charge < -0.3 is 14.5 Å². The summed E-state index contributed by atoms with van der Waals surface area (Å²) in [7, 11) is -1.74. The first-order valence-corrected chi connectivity index (χ1v) is 10.2. The van der Waals surface area contributed by atoms with E-state index in [1.807, 2.05) is 30.3 Å². The molecule has 0 aliphatic carbocycles. The third kappa shape index (κ3) is 6.31. The standard InChI is InChI=1S/C16H27NO3Si/c1-16(2,3)21(4,5)20-12-11-17-15(18)19-13-14-9-7-6-8-10-14/h6-10H,11-13H2,1-5H3,(H,17,18). The van der Waals surface area contributed by atoms with Gasteiger partial charge in [-0.25, -0.2) is 4.79 Å². The summed E-state index contributed by atoms with van der Waals surface area (Å²) in [6.07, 6.45) is -0.405. The highest BCUT2D eigenvalue weighted by Crippen LogP contribution is 2.36. The number of amides is 1. The van der Waals surface area contributed by atoms with Crippen LogP contribution in [0.3, 0.4) is 0 Å². The van der Waals surface area contributed by atoms with Crippen molar-refractivity contribution in [3.8, 4) is 0 Å². The lowest BCUT2D eigenvalue weighted by molar-refractivity contribution is 0.137. The minimum atomic E-state index is -1.74. The average molecular weight is 309 g/mol. The first-order valence-electron chi connectivity index (χ1n) is 7.31. The van der Waals surface area contributed by atoms with Crippen LogP contribution in [0.15, 0.2) is 30.3 Å². The van der Waals surface area contributed by atoms with Crippen molar-refractivity contribution in [1.29, 1.82) is 0 Å². The zero-order chi connectivity index (χ0) is 15.9. The summed E-state index contributed by atoms with van der Waals surface area (Å²) >= 11 is 0. The van der Waals surface area contributed by atoms with E-state index < -0.39 is 14.4 Å². The second-order valence-electron chi connectivity index (χ2n) is 6.60. The summed E-state index contributed by atoms with van der Waals surface area (Å²) in [4.78, 5) is 11.6. The van der Waals surface area contributed by atoms with Gasteiger partial charge in [0.05, 0.1) is 6.61 Å². The summed E-state index contributed by atoms with van der Waals surface area (Å²) in [5.41, 5.74) is 0.977. The summed E-state index contributed by atoms with van der Waals surface area (Å²) in [5, 5.41) is 2.89. The molecular formula is C16H27NO3Si. The Morgan fingerprint density at radius 1 is 1.19 bits per heavy atom. The third-order valence-electron chi connectivity index (χ3n) is 3.85. The molecule has 0 spiro atoms. The molecule has 1 amide bonds. The molecule has 118 valence electrons. The fraction of sp³-hybridized carbons (Fsp3) is 0.562. The Balaban J connectivity index is 2.20. The van der Waals surface area contributed by atoms with Crippen LogP contribution in [-0.2, 0) is 15.8 Å². The number of carbonyl (C=O) groups excluding carboxylic acids is 1. The van der Waals surface area contributed by atoms with Crippen LogP contribution in [0.2, 0.25) is 18.1 Å². The first-order chi connectivity index (χ1) is 9.72. The predicted molar refractivity (Wildman–Crippen MR) is 87.8 cm³/mol. The van der Waals surface area contributed by atoms with Crippen LogP contribution in [0, 0.1) is 0 Å². The van der Waals surface area contributed by atoms with Crippen molar-refractivity contribution in [2.75, 3.05) is 13.2 Å². The maximum Gasteiger partial charge on any atom is 0.407 e. The quantitative estimate of drug-likeness (QED) is 0.639. The molecule has 0 radical (unpaired) electrons. The van der Waals surface area contributed by atoms with E-state index in [1.165, 1.54) is 0 Å². The van der Waals surface area contributed by atoms with Gasteiger partial charge in [-0.1, -0.05) is 51.1 Å². The number of carbonyl (C=O) groups is 1. The van der Waals surface area contributed by atoms with Gasteiger partial charge in [-0.15, -0.1) is 0 Å². The zero-order valence-corrected chi connectivity index (χ0v) is 14.7. The van der Waals surface area contributed by atoms with Crippen LogP contribution in [0.25, 0.3) is 0 Å². The molecular weight excluding hydrogens is 282 g/mol. The van der Waals surface area contributed by atoms with Gasteiger partial charge in [0.15, 0.2) is 8.32 Å². The largest absolute Gasteiger partial charge is 0.445 e. The van der Waals surface area contributed by atoms with Crippen molar-refractivity contribution >= 4 is 14.4 Å². The molecule has 0 saturated heterocycles. The molecule has 21 heavy (non-hydrogen) atoms. The molecule has 5 heteroatoms. The van der Waals surface area contributed by atoms with Crippen molar-refractivity contribution in [2.24, 2.45) is 0 Å². The topological polar surface area (TPSA) is 47.6 Å². The van der Waals surface area contributed by atoms with E-state index >= 15 is 0 Å². The lowest BCUT2D eigenvalue weighted by Crippen LogP contribution is -2.42. The Morgan fingerprint density at radius 3 is 2.38 bits per heavy atom. The summed E-state index contributed by atoms with van der Waals surface area (Å²) in [6, 6.07) is 9.62. The Bertz CT molecular complexity index is 441. The summed E-state index contributed by atoms with van der Waals surface area (Å²) in [6.45, 7) is 12.3. The number of benzene rings is 1. The molecule has 0 fully saturated rings. The number of hydrogen-bond acceptors (Lipinski definition) is 3. The molecule has 0 unspecified atom stereocenters. The Kier molecular flexibility index (Phi) is 6.42. The predicted octanol–water partition coefficient (Wildman–Crippen LogP) is 3.93. The van der Waals surface area contributed by atoms with Crippen LogP contribution in [0.5, 0.6) is 0 Å². The van der Waals surface area contributed by atoms with Gasteiger partial charge in [0.25, 0.3) is 0 Å². The van der Waals surface area contributed by atoms with Gasteiger partial charge in [-0.05, 0) is 23.7 Å². The smallest absolute Gasteiger partial charge is 0.407 e. The van der Waals surface area contributed by atoms with Crippen LogP contribution < -0.4 is 5.32 Å². The average Bonchev–Trinajstić information content (AvgIpc) is 2.41. The third-order valence-corrected chi connectivity index (χ3v) is 8.39. The van der Waals surface area contributed by atoms with Crippen LogP contribution in [0.4, 0.5) is 4.79 Å². The molecule has 0 heterocycles. The first kappa shape index (κ1) is 17.7. The lowest BCUT2D eigenvalue weighted by Gasteiger charge is -2.36. The number of alkyl carbamates (subject to hydrolysis) is 1. The Labute approximate surface area is 129 Å². The number of nitrogens with one attached hydrogen (secondary N) is 1. The van der Waals surface area contributed by atoms with E-state index in [1.54, 1.807) is 0 Å². The Hall–Kier alpha value is -1.33. The van der Waals surface area contributed by atoms with E-state index in [4.69, 9.17) is 9.16 Å². The number of ether oxygens (including phenoxy) is 1. The van der Waals surface area contributed by atoms with Gasteiger partial charge in [-0.3, -0.25) is 0 Å². The second kappa shape index (κ2) is 7.61. The molecule has 0 atom stereocenters. The fourth-order valence-corrected chi connectivity index (χ4v) is 2.50. The van der Waals surface area contributed by atoms with Gasteiger partial charge in [0.1, 0.15) is 6.61 Å².